The van der Waals surface area contributed by atoms with Crippen LogP contribution in [0.4, 0.5) is 8.78 Å². The van der Waals surface area contributed by atoms with Gasteiger partial charge < -0.3 is 0 Å². The molecule has 2 aromatic carbocycles. The Morgan fingerprint density at radius 2 is 1.85 bits per heavy atom. The molecule has 4 aromatic rings. The molecule has 0 spiro atoms. The molecule has 5 rings (SSSR count). The van der Waals surface area contributed by atoms with Crippen LogP contribution < -0.4 is 0 Å². The number of hydrogen-bond acceptors (Lipinski definition) is 3. The number of benzene rings is 2. The first kappa shape index (κ1) is 15.5. The summed E-state index contributed by atoms with van der Waals surface area (Å²) in [5.41, 5.74) is 3.31. The minimum absolute atomic E-state index is 0.339. The summed E-state index contributed by atoms with van der Waals surface area (Å²) < 4.78 is 30.7. The van der Waals surface area contributed by atoms with E-state index in [9.17, 15) is 8.78 Å². The first-order chi connectivity index (χ1) is 13.2. The number of halogens is 2. The van der Waals surface area contributed by atoms with Crippen LogP contribution in [0, 0.1) is 23.5 Å². The summed E-state index contributed by atoms with van der Waals surface area (Å²) in [6.07, 6.45) is 3.09. The highest BCUT2D eigenvalue weighted by atomic mass is 19.1. The lowest BCUT2D eigenvalue weighted by Gasteiger charge is -2.07. The zero-order valence-electron chi connectivity index (χ0n) is 13.9. The quantitative estimate of drug-likeness (QED) is 0.399. The van der Waals surface area contributed by atoms with Crippen LogP contribution in [-0.2, 0) is 6.54 Å². The molecule has 0 bridgehead atoms. The van der Waals surface area contributed by atoms with Crippen molar-refractivity contribution < 1.29 is 8.78 Å². The lowest BCUT2D eigenvalue weighted by atomic mass is 10.1. The van der Waals surface area contributed by atoms with Crippen molar-refractivity contribution in [1.29, 1.82) is 0 Å². The number of nitrogens with zero attached hydrogens (tertiary/aromatic N) is 5. The van der Waals surface area contributed by atoms with Gasteiger partial charge in [0.25, 0.3) is 0 Å². The van der Waals surface area contributed by atoms with Crippen molar-refractivity contribution >= 4 is 0 Å². The summed E-state index contributed by atoms with van der Waals surface area (Å²) in [5.74, 6) is 5.84. The zero-order chi connectivity index (χ0) is 18.4. The molecule has 0 amide bonds. The van der Waals surface area contributed by atoms with Gasteiger partial charge in [-0.25, -0.2) is 23.4 Å². The van der Waals surface area contributed by atoms with Crippen molar-refractivity contribution in [3.05, 3.63) is 83.7 Å². The molecular weight excluding hydrogens is 348 g/mol. The largest absolute Gasteiger partial charge is 0.299 e. The Morgan fingerprint density at radius 3 is 2.74 bits per heavy atom. The average Bonchev–Trinajstić information content (AvgIpc) is 3.25. The molecule has 7 heteroatoms. The Kier molecular flexibility index (Phi) is 3.37. The fourth-order valence-corrected chi connectivity index (χ4v) is 3.16. The van der Waals surface area contributed by atoms with E-state index in [2.05, 4.69) is 26.9 Å². The minimum atomic E-state index is -0.349. The first-order valence-corrected chi connectivity index (χ1v) is 8.21. The molecule has 2 aromatic heterocycles. The fourth-order valence-electron chi connectivity index (χ4n) is 3.16. The summed E-state index contributed by atoms with van der Waals surface area (Å²) in [6.45, 7) is 0.388. The van der Waals surface area contributed by atoms with Crippen LogP contribution in [0.3, 0.4) is 0 Å². The van der Waals surface area contributed by atoms with E-state index >= 15 is 0 Å². The van der Waals surface area contributed by atoms with E-state index in [0.717, 1.165) is 11.4 Å². The Morgan fingerprint density at radius 1 is 0.963 bits per heavy atom. The van der Waals surface area contributed by atoms with Gasteiger partial charge in [-0.3, -0.25) is 4.57 Å². The van der Waals surface area contributed by atoms with Crippen molar-refractivity contribution in [2.24, 2.45) is 0 Å². The standard InChI is InChI=1S/C20H11F2N5/c21-14-3-1-2-13(8-14)4-6-17-19-10-27-20(23-11-25-27)16-9-15(22)5-7-18(16)26(19)12-24-17/h1-3,5,7-9,11-12H,10H2. The van der Waals surface area contributed by atoms with E-state index in [1.807, 2.05) is 4.57 Å². The third-order valence-corrected chi connectivity index (χ3v) is 4.39. The molecule has 3 heterocycles. The Balaban J connectivity index is 1.67. The Bertz CT molecular complexity index is 1240. The average molecular weight is 359 g/mol. The second kappa shape index (κ2) is 5.88. The molecule has 0 atom stereocenters. The lowest BCUT2D eigenvalue weighted by molar-refractivity contribution is 0.627. The van der Waals surface area contributed by atoms with Gasteiger partial charge in [-0.15, -0.1) is 0 Å². The normalized spacial score (nSPS) is 11.6. The summed E-state index contributed by atoms with van der Waals surface area (Å²) >= 11 is 0. The predicted octanol–water partition coefficient (Wildman–Crippen LogP) is 3.17. The van der Waals surface area contributed by atoms with E-state index < -0.39 is 0 Å². The SMILES string of the molecule is Fc1cccc(C#Cc2ncn3c2Cn2ncnc2-c2cc(F)ccc2-3)c1. The lowest BCUT2D eigenvalue weighted by Crippen LogP contribution is -2.05. The second-order valence-electron chi connectivity index (χ2n) is 6.07. The number of aromatic nitrogens is 5. The molecule has 0 unspecified atom stereocenters. The zero-order valence-corrected chi connectivity index (χ0v) is 13.9. The van der Waals surface area contributed by atoms with Gasteiger partial charge in [0.1, 0.15) is 30.0 Å². The van der Waals surface area contributed by atoms with Crippen molar-refractivity contribution in [2.75, 3.05) is 0 Å². The van der Waals surface area contributed by atoms with Gasteiger partial charge in [0, 0.05) is 11.1 Å². The number of hydrogen-bond donors (Lipinski definition) is 0. The molecule has 0 saturated carbocycles. The van der Waals surface area contributed by atoms with Gasteiger partial charge in [-0.1, -0.05) is 12.0 Å². The van der Waals surface area contributed by atoms with E-state index in [0.29, 0.717) is 29.2 Å². The van der Waals surface area contributed by atoms with Crippen molar-refractivity contribution in [3.8, 4) is 28.9 Å². The van der Waals surface area contributed by atoms with E-state index in [1.54, 1.807) is 29.2 Å². The molecule has 0 radical (unpaired) electrons. The summed E-state index contributed by atoms with van der Waals surface area (Å²) in [4.78, 5) is 8.66. The van der Waals surface area contributed by atoms with Gasteiger partial charge in [0.15, 0.2) is 5.82 Å². The van der Waals surface area contributed by atoms with Crippen LogP contribution in [0.25, 0.3) is 17.1 Å². The Hall–Kier alpha value is -3.79. The van der Waals surface area contributed by atoms with E-state index in [-0.39, 0.29) is 11.6 Å². The molecule has 0 aliphatic carbocycles. The van der Waals surface area contributed by atoms with Crippen LogP contribution in [0.5, 0.6) is 0 Å². The van der Waals surface area contributed by atoms with Crippen molar-refractivity contribution in [3.63, 3.8) is 0 Å². The van der Waals surface area contributed by atoms with Gasteiger partial charge in [0.2, 0.25) is 0 Å². The van der Waals surface area contributed by atoms with Crippen molar-refractivity contribution in [2.45, 2.75) is 6.54 Å². The smallest absolute Gasteiger partial charge is 0.160 e. The van der Waals surface area contributed by atoms with Crippen molar-refractivity contribution in [1.82, 2.24) is 24.3 Å². The van der Waals surface area contributed by atoms with Gasteiger partial charge in [-0.2, -0.15) is 5.10 Å². The highest BCUT2D eigenvalue weighted by Crippen LogP contribution is 2.31. The third-order valence-electron chi connectivity index (χ3n) is 4.39. The summed E-state index contributed by atoms with van der Waals surface area (Å²) in [6, 6.07) is 10.6. The summed E-state index contributed by atoms with van der Waals surface area (Å²) in [5, 5.41) is 4.24. The van der Waals surface area contributed by atoms with E-state index in [4.69, 9.17) is 0 Å². The molecule has 0 saturated heterocycles. The van der Waals surface area contributed by atoms with Crippen LogP contribution in [0.1, 0.15) is 17.0 Å². The molecule has 5 nitrogen and oxygen atoms in total. The number of imidazole rings is 1. The molecule has 130 valence electrons. The monoisotopic (exact) mass is 359 g/mol. The van der Waals surface area contributed by atoms with E-state index in [1.165, 1.54) is 30.6 Å². The molecule has 0 N–H and O–H groups in total. The topological polar surface area (TPSA) is 48.5 Å². The van der Waals surface area contributed by atoms with Gasteiger partial charge in [0.05, 0.1) is 17.9 Å². The minimum Gasteiger partial charge on any atom is -0.299 e. The maximum Gasteiger partial charge on any atom is 0.160 e. The van der Waals surface area contributed by atoms with Gasteiger partial charge >= 0.3 is 0 Å². The third kappa shape index (κ3) is 2.59. The van der Waals surface area contributed by atoms with Crippen LogP contribution >= 0.6 is 0 Å². The first-order valence-electron chi connectivity index (χ1n) is 8.21. The number of fused-ring (bicyclic) bond motifs is 5. The van der Waals surface area contributed by atoms with Crippen LogP contribution in [0.2, 0.25) is 0 Å². The molecule has 1 aliphatic rings. The molecule has 0 fully saturated rings. The maximum atomic E-state index is 13.8. The van der Waals surface area contributed by atoms with Gasteiger partial charge in [-0.05, 0) is 42.3 Å². The molecular formula is C20H11F2N5. The van der Waals surface area contributed by atoms with Crippen LogP contribution in [-0.4, -0.2) is 24.3 Å². The van der Waals surface area contributed by atoms with Crippen LogP contribution in [0.15, 0.2) is 55.1 Å². The highest BCUT2D eigenvalue weighted by molar-refractivity contribution is 5.69. The molecule has 27 heavy (non-hydrogen) atoms. The Labute approximate surface area is 152 Å². The predicted molar refractivity (Wildman–Crippen MR) is 94.0 cm³/mol. The molecule has 1 aliphatic heterocycles. The highest BCUT2D eigenvalue weighted by Gasteiger charge is 2.23. The second-order valence-corrected chi connectivity index (χ2v) is 6.07. The number of rotatable bonds is 0. The summed E-state index contributed by atoms with van der Waals surface area (Å²) in [7, 11) is 0. The fraction of sp³-hybridized carbons (Fsp3) is 0.0500. The maximum absolute atomic E-state index is 13.8.